The lowest BCUT2D eigenvalue weighted by atomic mass is 9.74. The van der Waals surface area contributed by atoms with Crippen LogP contribution < -0.4 is 5.46 Å². The minimum absolute atomic E-state index is 0.0457. The number of benzene rings is 1. The molecule has 1 aromatic heterocycles. The Balaban J connectivity index is 1.52. The molecular formula is C25H25BN2O2. The highest BCUT2D eigenvalue weighted by Crippen LogP contribution is 2.46. The van der Waals surface area contributed by atoms with E-state index in [9.17, 15) is 0 Å². The number of hydrogen-bond acceptors (Lipinski definition) is 3. The number of fused-ring (bicyclic) bond motifs is 8. The second-order valence-electron chi connectivity index (χ2n) is 9.09. The maximum atomic E-state index is 6.24. The topological polar surface area (TPSA) is 36.3 Å². The molecule has 3 heterocycles. The van der Waals surface area contributed by atoms with Crippen molar-refractivity contribution < 1.29 is 9.31 Å². The number of rotatable bonds is 1. The van der Waals surface area contributed by atoms with Crippen molar-refractivity contribution in [3.63, 3.8) is 0 Å². The third kappa shape index (κ3) is 2.58. The molecule has 1 aromatic carbocycles. The molecule has 1 fully saturated rings. The highest BCUT2D eigenvalue weighted by molar-refractivity contribution is 6.62. The Hall–Kier alpha value is -2.63. The van der Waals surface area contributed by atoms with Gasteiger partial charge in [0.25, 0.3) is 0 Å². The van der Waals surface area contributed by atoms with E-state index in [2.05, 4.69) is 92.1 Å². The number of nitrogens with zero attached hydrogens (tertiary/aromatic N) is 2. The second-order valence-corrected chi connectivity index (χ2v) is 9.09. The fraction of sp³-hybridized carbons (Fsp3) is 0.320. The first-order valence-electron chi connectivity index (χ1n) is 10.8. The van der Waals surface area contributed by atoms with Crippen LogP contribution in [0.25, 0.3) is 17.5 Å². The number of imidazole rings is 1. The van der Waals surface area contributed by atoms with Crippen LogP contribution in [0.5, 0.6) is 0 Å². The monoisotopic (exact) mass is 396 g/mol. The molecule has 0 N–H and O–H groups in total. The first kappa shape index (κ1) is 18.2. The summed E-state index contributed by atoms with van der Waals surface area (Å²) in [7, 11) is -0.344. The lowest BCUT2D eigenvalue weighted by Gasteiger charge is -2.34. The van der Waals surface area contributed by atoms with Crippen LogP contribution in [0, 0.1) is 0 Å². The van der Waals surface area contributed by atoms with Gasteiger partial charge in [0.1, 0.15) is 5.82 Å². The van der Waals surface area contributed by atoms with Gasteiger partial charge in [-0.05, 0) is 37.9 Å². The highest BCUT2D eigenvalue weighted by Gasteiger charge is 2.44. The third-order valence-electron chi connectivity index (χ3n) is 6.92. The molecule has 2 aliphatic carbocycles. The molecule has 30 heavy (non-hydrogen) atoms. The van der Waals surface area contributed by atoms with Crippen molar-refractivity contribution in [2.45, 2.75) is 50.9 Å². The predicted molar refractivity (Wildman–Crippen MR) is 121 cm³/mol. The van der Waals surface area contributed by atoms with Crippen molar-refractivity contribution >= 4 is 18.7 Å². The Morgan fingerprint density at radius 2 is 2.00 bits per heavy atom. The Morgan fingerprint density at radius 1 is 1.13 bits per heavy atom. The summed E-state index contributed by atoms with van der Waals surface area (Å²) < 4.78 is 14.8. The van der Waals surface area contributed by atoms with E-state index in [1.807, 2.05) is 0 Å². The molecule has 3 atom stereocenters. The Morgan fingerprint density at radius 3 is 2.83 bits per heavy atom. The lowest BCUT2D eigenvalue weighted by Crippen LogP contribution is -2.35. The van der Waals surface area contributed by atoms with Gasteiger partial charge in [-0.2, -0.15) is 0 Å². The van der Waals surface area contributed by atoms with Crippen LogP contribution >= 0.6 is 0 Å². The fourth-order valence-corrected chi connectivity index (χ4v) is 4.97. The van der Waals surface area contributed by atoms with E-state index in [1.165, 1.54) is 16.8 Å². The molecule has 1 saturated heterocycles. The fourth-order valence-electron chi connectivity index (χ4n) is 4.97. The number of aromatic nitrogens is 2. The molecule has 2 aliphatic heterocycles. The molecule has 4 nitrogen and oxygen atoms in total. The van der Waals surface area contributed by atoms with Crippen molar-refractivity contribution in [1.82, 2.24) is 9.55 Å². The van der Waals surface area contributed by atoms with E-state index in [4.69, 9.17) is 14.3 Å². The molecule has 3 unspecified atom stereocenters. The van der Waals surface area contributed by atoms with Crippen LogP contribution in [0.3, 0.4) is 0 Å². The van der Waals surface area contributed by atoms with Crippen molar-refractivity contribution in [2.24, 2.45) is 0 Å². The number of allylic oxidation sites excluding steroid dienone is 7. The molecule has 0 radical (unpaired) electrons. The summed E-state index contributed by atoms with van der Waals surface area (Å²) in [6, 6.07) is 6.90. The standard InChI is InChI=1S/C25H25BN2O2/c1-16-25(2,3)30-26(29-16)17-13-14-18-19-9-7-8-11-22(19)28-23-12-6-4-5-10-21(23)27-24(28)20(18)15-17/h4-11,13-16,19,22H,12H2,1-3H3. The molecule has 0 bridgehead atoms. The van der Waals surface area contributed by atoms with Crippen LogP contribution in [0.15, 0.2) is 60.7 Å². The molecule has 2 aromatic rings. The van der Waals surface area contributed by atoms with Gasteiger partial charge in [-0.25, -0.2) is 4.98 Å². The zero-order valence-electron chi connectivity index (χ0n) is 17.6. The minimum atomic E-state index is -0.344. The van der Waals surface area contributed by atoms with Crippen LogP contribution in [-0.4, -0.2) is 28.4 Å². The largest absolute Gasteiger partial charge is 0.494 e. The summed E-state index contributed by atoms with van der Waals surface area (Å²) in [6.45, 7) is 6.25. The van der Waals surface area contributed by atoms with Crippen molar-refractivity contribution in [3.05, 3.63) is 77.7 Å². The second kappa shape index (κ2) is 6.43. The van der Waals surface area contributed by atoms with E-state index in [1.54, 1.807) is 0 Å². The quantitative estimate of drug-likeness (QED) is 0.673. The molecule has 0 saturated carbocycles. The zero-order chi connectivity index (χ0) is 20.5. The molecule has 4 aliphatic rings. The minimum Gasteiger partial charge on any atom is -0.402 e. The summed E-state index contributed by atoms with van der Waals surface area (Å²) in [5.74, 6) is 1.35. The van der Waals surface area contributed by atoms with E-state index >= 15 is 0 Å². The SMILES string of the molecule is CC1OB(c2ccc3c(c2)-c2nc4c(n2C2C=CC=CC32)CC=CC=C4)OC1(C)C. The van der Waals surface area contributed by atoms with Gasteiger partial charge in [0, 0.05) is 23.6 Å². The summed E-state index contributed by atoms with van der Waals surface area (Å²) in [5.41, 5.74) is 5.61. The van der Waals surface area contributed by atoms with E-state index in [-0.39, 0.29) is 24.9 Å². The van der Waals surface area contributed by atoms with Gasteiger partial charge in [0.2, 0.25) is 0 Å². The molecule has 5 heteroatoms. The van der Waals surface area contributed by atoms with Gasteiger partial charge in [-0.1, -0.05) is 60.7 Å². The maximum Gasteiger partial charge on any atom is 0.494 e. The predicted octanol–water partition coefficient (Wildman–Crippen LogP) is 4.35. The van der Waals surface area contributed by atoms with Crippen molar-refractivity contribution in [1.29, 1.82) is 0 Å². The van der Waals surface area contributed by atoms with Crippen molar-refractivity contribution in [2.75, 3.05) is 0 Å². The average Bonchev–Trinajstić information content (AvgIpc) is 3.14. The van der Waals surface area contributed by atoms with Gasteiger partial charge in [0.15, 0.2) is 0 Å². The van der Waals surface area contributed by atoms with Gasteiger partial charge in [-0.3, -0.25) is 0 Å². The molecule has 0 amide bonds. The normalized spacial score (nSPS) is 27.4. The van der Waals surface area contributed by atoms with Gasteiger partial charge < -0.3 is 13.9 Å². The Bertz CT molecular complexity index is 1150. The van der Waals surface area contributed by atoms with E-state index < -0.39 is 0 Å². The van der Waals surface area contributed by atoms with Crippen molar-refractivity contribution in [3.8, 4) is 11.4 Å². The maximum absolute atomic E-state index is 6.24. The van der Waals surface area contributed by atoms with E-state index in [0.717, 1.165) is 23.4 Å². The van der Waals surface area contributed by atoms with Gasteiger partial charge in [0.05, 0.1) is 23.4 Å². The molecule has 0 spiro atoms. The van der Waals surface area contributed by atoms with Crippen LogP contribution in [0.2, 0.25) is 0 Å². The Labute approximate surface area is 177 Å². The summed E-state index contributed by atoms with van der Waals surface area (Å²) >= 11 is 0. The van der Waals surface area contributed by atoms with Gasteiger partial charge in [-0.15, -0.1) is 0 Å². The van der Waals surface area contributed by atoms with Crippen LogP contribution in [0.1, 0.15) is 49.7 Å². The third-order valence-corrected chi connectivity index (χ3v) is 6.92. The summed E-state index contributed by atoms with van der Waals surface area (Å²) in [5, 5.41) is 0. The first-order valence-corrected chi connectivity index (χ1v) is 10.8. The highest BCUT2D eigenvalue weighted by atomic mass is 16.7. The van der Waals surface area contributed by atoms with E-state index in [0.29, 0.717) is 5.92 Å². The Kier molecular flexibility index (Phi) is 3.90. The number of hydrogen-bond donors (Lipinski definition) is 0. The molecular weight excluding hydrogens is 371 g/mol. The molecule has 150 valence electrons. The molecule has 6 rings (SSSR count). The van der Waals surface area contributed by atoms with Crippen LogP contribution in [0.4, 0.5) is 0 Å². The first-order chi connectivity index (χ1) is 14.5. The average molecular weight is 396 g/mol. The summed E-state index contributed by atoms with van der Waals surface area (Å²) in [6.07, 6.45) is 18.4. The smallest absolute Gasteiger partial charge is 0.402 e. The van der Waals surface area contributed by atoms with Crippen LogP contribution in [-0.2, 0) is 15.7 Å². The summed E-state index contributed by atoms with van der Waals surface area (Å²) in [4.78, 5) is 5.09. The lowest BCUT2D eigenvalue weighted by molar-refractivity contribution is 0.0842. The van der Waals surface area contributed by atoms with Gasteiger partial charge >= 0.3 is 7.12 Å². The zero-order valence-corrected chi connectivity index (χ0v) is 17.6.